The van der Waals surface area contributed by atoms with E-state index in [1.807, 2.05) is 37.3 Å². The van der Waals surface area contributed by atoms with Gasteiger partial charge in [-0.2, -0.15) is 0 Å². The largest absolute Gasteiger partial charge is 0.0843 e. The molecule has 0 aliphatic carbocycles. The summed E-state index contributed by atoms with van der Waals surface area (Å²) in [5.74, 6) is 0. The number of benzene rings is 2. The summed E-state index contributed by atoms with van der Waals surface area (Å²) in [5, 5.41) is 0.768. The Bertz CT molecular complexity index is 368. The molecule has 0 amide bonds. The molecule has 0 atom stereocenters. The number of hydrogen-bond donors (Lipinski definition) is 0. The van der Waals surface area contributed by atoms with Gasteiger partial charge in [0.1, 0.15) is 0 Å². The zero-order chi connectivity index (χ0) is 9.97. The third-order valence-electron chi connectivity index (χ3n) is 2.15. The summed E-state index contributed by atoms with van der Waals surface area (Å²) >= 11 is 5.82. The van der Waals surface area contributed by atoms with Crippen LogP contribution < -0.4 is 0 Å². The molecule has 2 rings (SSSR count). The standard InChI is InChI=1S/C13H10Cl/c1-10-2-4-11(5-3-10)12-6-8-13(14)9-7-12/h2,4-9H,1H3. The molecule has 0 saturated carbocycles. The van der Waals surface area contributed by atoms with Gasteiger partial charge in [-0.25, -0.2) is 0 Å². The van der Waals surface area contributed by atoms with Gasteiger partial charge in [-0.15, -0.1) is 0 Å². The van der Waals surface area contributed by atoms with Gasteiger partial charge in [-0.1, -0.05) is 35.9 Å². The highest BCUT2D eigenvalue weighted by Gasteiger charge is 1.96. The summed E-state index contributed by atoms with van der Waals surface area (Å²) in [4.78, 5) is 0. The molecule has 0 fully saturated rings. The lowest BCUT2D eigenvalue weighted by Gasteiger charge is -2.01. The van der Waals surface area contributed by atoms with Gasteiger partial charge >= 0.3 is 0 Å². The molecule has 2 aromatic rings. The zero-order valence-corrected chi connectivity index (χ0v) is 8.68. The molecule has 0 heterocycles. The molecule has 0 saturated heterocycles. The van der Waals surface area contributed by atoms with Crippen LogP contribution in [0.3, 0.4) is 0 Å². The van der Waals surface area contributed by atoms with Crippen LogP contribution in [-0.2, 0) is 0 Å². The first-order valence-corrected chi connectivity index (χ1v) is 4.88. The molecule has 0 unspecified atom stereocenters. The molecule has 14 heavy (non-hydrogen) atoms. The van der Waals surface area contributed by atoms with E-state index in [1.54, 1.807) is 0 Å². The number of hydrogen-bond acceptors (Lipinski definition) is 0. The Morgan fingerprint density at radius 2 is 1.57 bits per heavy atom. The monoisotopic (exact) mass is 201 g/mol. The van der Waals surface area contributed by atoms with E-state index in [-0.39, 0.29) is 0 Å². The topological polar surface area (TPSA) is 0 Å². The van der Waals surface area contributed by atoms with Crippen LogP contribution in [0.4, 0.5) is 0 Å². The highest BCUT2D eigenvalue weighted by atomic mass is 35.5. The molecule has 0 N–H and O–H groups in total. The fourth-order valence-electron chi connectivity index (χ4n) is 1.32. The van der Waals surface area contributed by atoms with Gasteiger partial charge in [0.15, 0.2) is 0 Å². The van der Waals surface area contributed by atoms with Crippen molar-refractivity contribution in [3.8, 4) is 11.1 Å². The summed E-state index contributed by atoms with van der Waals surface area (Å²) in [6.45, 7) is 2.03. The molecule has 1 heteroatoms. The van der Waals surface area contributed by atoms with Crippen molar-refractivity contribution in [1.82, 2.24) is 0 Å². The van der Waals surface area contributed by atoms with Gasteiger partial charge in [-0.3, -0.25) is 0 Å². The van der Waals surface area contributed by atoms with Crippen molar-refractivity contribution >= 4 is 11.6 Å². The average Bonchev–Trinajstić information content (AvgIpc) is 2.21. The Kier molecular flexibility index (Phi) is 2.55. The summed E-state index contributed by atoms with van der Waals surface area (Å²) in [6, 6.07) is 17.2. The van der Waals surface area contributed by atoms with Crippen LogP contribution in [-0.4, -0.2) is 0 Å². The second-order valence-electron chi connectivity index (χ2n) is 3.27. The van der Waals surface area contributed by atoms with Crippen LogP contribution in [0.1, 0.15) is 5.56 Å². The van der Waals surface area contributed by atoms with E-state index in [0.29, 0.717) is 0 Å². The summed E-state index contributed by atoms with van der Waals surface area (Å²) in [7, 11) is 0. The summed E-state index contributed by atoms with van der Waals surface area (Å²) in [6.07, 6.45) is 0. The van der Waals surface area contributed by atoms with Crippen LogP contribution >= 0.6 is 11.6 Å². The van der Waals surface area contributed by atoms with Gasteiger partial charge in [0.05, 0.1) is 0 Å². The van der Waals surface area contributed by atoms with E-state index >= 15 is 0 Å². The average molecular weight is 202 g/mol. The summed E-state index contributed by atoms with van der Waals surface area (Å²) < 4.78 is 0. The van der Waals surface area contributed by atoms with E-state index in [1.165, 1.54) is 11.1 Å². The predicted octanol–water partition coefficient (Wildman–Crippen LogP) is 4.12. The van der Waals surface area contributed by atoms with Crippen molar-refractivity contribution < 1.29 is 0 Å². The Hall–Kier alpha value is -1.27. The minimum absolute atomic E-state index is 0.768. The maximum Gasteiger partial charge on any atom is 0.0406 e. The number of halogens is 1. The fourth-order valence-corrected chi connectivity index (χ4v) is 1.45. The van der Waals surface area contributed by atoms with E-state index in [4.69, 9.17) is 11.6 Å². The van der Waals surface area contributed by atoms with Gasteiger partial charge in [-0.05, 0) is 47.9 Å². The Labute approximate surface area is 89.2 Å². The quantitative estimate of drug-likeness (QED) is 0.651. The van der Waals surface area contributed by atoms with Crippen molar-refractivity contribution in [3.63, 3.8) is 0 Å². The molecular formula is C13H10Cl. The minimum atomic E-state index is 0.768. The first kappa shape index (κ1) is 9.29. The Morgan fingerprint density at radius 1 is 0.929 bits per heavy atom. The number of aryl methyl sites for hydroxylation is 1. The first-order chi connectivity index (χ1) is 6.75. The SMILES string of the molecule is Cc1[c]cc(-c2ccc(Cl)cc2)cc1. The molecule has 1 radical (unpaired) electrons. The molecule has 0 nitrogen and oxygen atoms in total. The molecule has 0 aromatic heterocycles. The normalized spacial score (nSPS) is 10.1. The maximum absolute atomic E-state index is 5.82. The molecule has 0 spiro atoms. The lowest BCUT2D eigenvalue weighted by molar-refractivity contribution is 1.46. The van der Waals surface area contributed by atoms with Gasteiger partial charge < -0.3 is 0 Å². The van der Waals surface area contributed by atoms with Gasteiger partial charge in [0.2, 0.25) is 0 Å². The second-order valence-corrected chi connectivity index (χ2v) is 3.70. The smallest absolute Gasteiger partial charge is 0.0406 e. The van der Waals surface area contributed by atoms with E-state index in [0.717, 1.165) is 10.6 Å². The molecule has 0 bridgehead atoms. The van der Waals surface area contributed by atoms with E-state index < -0.39 is 0 Å². The highest BCUT2D eigenvalue weighted by Crippen LogP contribution is 2.21. The van der Waals surface area contributed by atoms with Crippen molar-refractivity contribution in [3.05, 3.63) is 59.1 Å². The van der Waals surface area contributed by atoms with E-state index in [2.05, 4.69) is 18.2 Å². The molecule has 69 valence electrons. The van der Waals surface area contributed by atoms with Crippen molar-refractivity contribution in [2.75, 3.05) is 0 Å². The van der Waals surface area contributed by atoms with Crippen molar-refractivity contribution in [2.24, 2.45) is 0 Å². The van der Waals surface area contributed by atoms with Crippen molar-refractivity contribution in [1.29, 1.82) is 0 Å². The predicted molar refractivity (Wildman–Crippen MR) is 60.5 cm³/mol. The van der Waals surface area contributed by atoms with Crippen LogP contribution in [0.5, 0.6) is 0 Å². The Balaban J connectivity index is 2.40. The molecule has 2 aromatic carbocycles. The molecule has 0 aliphatic heterocycles. The third-order valence-corrected chi connectivity index (χ3v) is 2.40. The zero-order valence-electron chi connectivity index (χ0n) is 7.92. The van der Waals surface area contributed by atoms with Crippen LogP contribution in [0.25, 0.3) is 11.1 Å². The maximum atomic E-state index is 5.82. The van der Waals surface area contributed by atoms with E-state index in [9.17, 15) is 0 Å². The molecular weight excluding hydrogens is 192 g/mol. The lowest BCUT2D eigenvalue weighted by Crippen LogP contribution is -1.78. The fraction of sp³-hybridized carbons (Fsp3) is 0.0769. The Morgan fingerprint density at radius 3 is 2.14 bits per heavy atom. The third kappa shape index (κ3) is 1.97. The second kappa shape index (κ2) is 3.85. The van der Waals surface area contributed by atoms with Crippen LogP contribution in [0.15, 0.2) is 42.5 Å². The molecule has 0 aliphatic rings. The van der Waals surface area contributed by atoms with Gasteiger partial charge in [0.25, 0.3) is 0 Å². The minimum Gasteiger partial charge on any atom is -0.0843 e. The van der Waals surface area contributed by atoms with Crippen LogP contribution in [0, 0.1) is 13.0 Å². The van der Waals surface area contributed by atoms with Crippen molar-refractivity contribution in [2.45, 2.75) is 6.92 Å². The van der Waals surface area contributed by atoms with Gasteiger partial charge in [0, 0.05) is 5.02 Å². The first-order valence-electron chi connectivity index (χ1n) is 4.50. The summed E-state index contributed by atoms with van der Waals surface area (Å²) in [5.41, 5.74) is 3.50. The number of rotatable bonds is 1. The highest BCUT2D eigenvalue weighted by molar-refractivity contribution is 6.30. The van der Waals surface area contributed by atoms with Crippen LogP contribution in [0.2, 0.25) is 5.02 Å². The lowest BCUT2D eigenvalue weighted by atomic mass is 10.0.